The highest BCUT2D eigenvalue weighted by Gasteiger charge is 2.25. The summed E-state index contributed by atoms with van der Waals surface area (Å²) in [5.41, 5.74) is 0.738. The standard InChI is InChI=1S/C18H25N3O2/c22-17(13-16-7-4-10-19-16)20-15-8-11-21(12-9-15)18(23)14-5-2-1-3-6-14/h1-3,5-6,15-16,19H,4,7-13H2,(H,20,22). The Hall–Kier alpha value is -1.88. The number of amides is 2. The summed E-state index contributed by atoms with van der Waals surface area (Å²) in [6, 6.07) is 9.93. The molecule has 23 heavy (non-hydrogen) atoms. The largest absolute Gasteiger partial charge is 0.353 e. The van der Waals surface area contributed by atoms with E-state index < -0.39 is 0 Å². The third kappa shape index (κ3) is 4.32. The summed E-state index contributed by atoms with van der Waals surface area (Å²) in [6.07, 6.45) is 4.50. The fourth-order valence-corrected chi connectivity index (χ4v) is 3.43. The zero-order valence-electron chi connectivity index (χ0n) is 13.5. The van der Waals surface area contributed by atoms with Crippen LogP contribution in [-0.2, 0) is 4.79 Å². The Morgan fingerprint density at radius 3 is 2.52 bits per heavy atom. The molecule has 0 aromatic heterocycles. The number of nitrogens with zero attached hydrogens (tertiary/aromatic N) is 1. The van der Waals surface area contributed by atoms with Crippen LogP contribution in [0.3, 0.4) is 0 Å². The molecule has 0 saturated carbocycles. The lowest BCUT2D eigenvalue weighted by Gasteiger charge is -2.32. The van der Waals surface area contributed by atoms with Crippen LogP contribution < -0.4 is 10.6 Å². The fraction of sp³-hybridized carbons (Fsp3) is 0.556. The van der Waals surface area contributed by atoms with E-state index in [0.29, 0.717) is 25.6 Å². The zero-order valence-corrected chi connectivity index (χ0v) is 13.5. The van der Waals surface area contributed by atoms with E-state index in [1.165, 1.54) is 0 Å². The first kappa shape index (κ1) is 16.0. The molecule has 0 spiro atoms. The first-order valence-corrected chi connectivity index (χ1v) is 8.59. The molecule has 0 bridgehead atoms. The molecule has 2 aliphatic rings. The van der Waals surface area contributed by atoms with E-state index >= 15 is 0 Å². The quantitative estimate of drug-likeness (QED) is 0.886. The van der Waals surface area contributed by atoms with Crippen LogP contribution in [0.25, 0.3) is 0 Å². The van der Waals surface area contributed by atoms with Crippen molar-refractivity contribution in [2.24, 2.45) is 0 Å². The van der Waals surface area contributed by atoms with Crippen LogP contribution in [0.1, 0.15) is 42.5 Å². The lowest BCUT2D eigenvalue weighted by Crippen LogP contribution is -2.47. The SMILES string of the molecule is O=C(CC1CCCN1)NC1CCN(C(=O)c2ccccc2)CC1. The van der Waals surface area contributed by atoms with Gasteiger partial charge in [0.25, 0.3) is 5.91 Å². The average Bonchev–Trinajstić information content (AvgIpc) is 3.08. The number of hydrogen-bond acceptors (Lipinski definition) is 3. The van der Waals surface area contributed by atoms with Crippen LogP contribution in [0, 0.1) is 0 Å². The lowest BCUT2D eigenvalue weighted by molar-refractivity contribution is -0.122. The minimum Gasteiger partial charge on any atom is -0.353 e. The Labute approximate surface area is 137 Å². The van der Waals surface area contributed by atoms with Crippen LogP contribution in [0.5, 0.6) is 0 Å². The van der Waals surface area contributed by atoms with Gasteiger partial charge in [-0.25, -0.2) is 0 Å². The van der Waals surface area contributed by atoms with E-state index in [0.717, 1.165) is 37.8 Å². The van der Waals surface area contributed by atoms with Crippen LogP contribution in [0.4, 0.5) is 0 Å². The topological polar surface area (TPSA) is 61.4 Å². The molecule has 0 aliphatic carbocycles. The molecule has 2 N–H and O–H groups in total. The average molecular weight is 315 g/mol. The summed E-state index contributed by atoms with van der Waals surface area (Å²) in [4.78, 5) is 26.3. The maximum absolute atomic E-state index is 12.4. The van der Waals surface area contributed by atoms with Crippen molar-refractivity contribution in [2.45, 2.75) is 44.2 Å². The van der Waals surface area contributed by atoms with E-state index in [-0.39, 0.29) is 17.9 Å². The molecule has 2 saturated heterocycles. The highest BCUT2D eigenvalue weighted by atomic mass is 16.2. The number of carbonyl (C=O) groups excluding carboxylic acids is 2. The Bertz CT molecular complexity index is 532. The zero-order chi connectivity index (χ0) is 16.1. The molecule has 2 fully saturated rings. The molecular weight excluding hydrogens is 290 g/mol. The third-order valence-electron chi connectivity index (χ3n) is 4.76. The summed E-state index contributed by atoms with van der Waals surface area (Å²) in [7, 11) is 0. The fourth-order valence-electron chi connectivity index (χ4n) is 3.43. The van der Waals surface area contributed by atoms with Gasteiger partial charge in [0.1, 0.15) is 0 Å². The molecule has 2 heterocycles. The summed E-state index contributed by atoms with van der Waals surface area (Å²) >= 11 is 0. The number of nitrogens with one attached hydrogen (secondary N) is 2. The Balaban J connectivity index is 1.43. The van der Waals surface area contributed by atoms with Gasteiger partial charge in [-0.3, -0.25) is 9.59 Å². The maximum atomic E-state index is 12.4. The number of likely N-dealkylation sites (tertiary alicyclic amines) is 1. The number of carbonyl (C=O) groups is 2. The highest BCUT2D eigenvalue weighted by Crippen LogP contribution is 2.15. The Morgan fingerprint density at radius 2 is 1.87 bits per heavy atom. The molecule has 0 radical (unpaired) electrons. The van der Waals surface area contributed by atoms with Gasteiger partial charge in [0.2, 0.25) is 5.91 Å². The first-order chi connectivity index (χ1) is 11.2. The molecule has 5 nitrogen and oxygen atoms in total. The van der Waals surface area contributed by atoms with E-state index in [2.05, 4.69) is 10.6 Å². The number of benzene rings is 1. The van der Waals surface area contributed by atoms with Gasteiger partial charge < -0.3 is 15.5 Å². The minimum atomic E-state index is 0.0885. The van der Waals surface area contributed by atoms with Crippen molar-refractivity contribution in [3.63, 3.8) is 0 Å². The third-order valence-corrected chi connectivity index (χ3v) is 4.76. The van der Waals surface area contributed by atoms with Crippen molar-refractivity contribution in [3.05, 3.63) is 35.9 Å². The second-order valence-electron chi connectivity index (χ2n) is 6.50. The predicted molar refractivity (Wildman–Crippen MR) is 89.2 cm³/mol. The van der Waals surface area contributed by atoms with Gasteiger partial charge in [0.15, 0.2) is 0 Å². The molecule has 2 aliphatic heterocycles. The van der Waals surface area contributed by atoms with Gasteiger partial charge in [-0.15, -0.1) is 0 Å². The van der Waals surface area contributed by atoms with Crippen LogP contribution in [-0.4, -0.2) is 48.4 Å². The van der Waals surface area contributed by atoms with Crippen LogP contribution in [0.2, 0.25) is 0 Å². The Morgan fingerprint density at radius 1 is 1.13 bits per heavy atom. The van der Waals surface area contributed by atoms with Crippen molar-refractivity contribution in [3.8, 4) is 0 Å². The molecule has 3 rings (SSSR count). The van der Waals surface area contributed by atoms with Crippen molar-refractivity contribution in [1.82, 2.24) is 15.5 Å². The first-order valence-electron chi connectivity index (χ1n) is 8.59. The lowest BCUT2D eigenvalue weighted by atomic mass is 10.0. The van der Waals surface area contributed by atoms with E-state index in [1.807, 2.05) is 35.2 Å². The molecule has 2 amide bonds. The number of rotatable bonds is 4. The predicted octanol–water partition coefficient (Wildman–Crippen LogP) is 1.55. The molecule has 1 aromatic carbocycles. The van der Waals surface area contributed by atoms with Crippen LogP contribution >= 0.6 is 0 Å². The van der Waals surface area contributed by atoms with Gasteiger partial charge in [-0.1, -0.05) is 18.2 Å². The molecule has 124 valence electrons. The van der Waals surface area contributed by atoms with E-state index in [4.69, 9.17) is 0 Å². The summed E-state index contributed by atoms with van der Waals surface area (Å²) < 4.78 is 0. The van der Waals surface area contributed by atoms with Crippen LogP contribution in [0.15, 0.2) is 30.3 Å². The molecule has 1 unspecified atom stereocenters. The smallest absolute Gasteiger partial charge is 0.253 e. The second-order valence-corrected chi connectivity index (χ2v) is 6.50. The molecule has 1 aromatic rings. The van der Waals surface area contributed by atoms with Crippen molar-refractivity contribution in [1.29, 1.82) is 0 Å². The monoisotopic (exact) mass is 315 g/mol. The number of piperidine rings is 1. The maximum Gasteiger partial charge on any atom is 0.253 e. The van der Waals surface area contributed by atoms with Crippen molar-refractivity contribution in [2.75, 3.05) is 19.6 Å². The molecular formula is C18H25N3O2. The summed E-state index contributed by atoms with van der Waals surface area (Å²) in [5.74, 6) is 0.225. The van der Waals surface area contributed by atoms with Gasteiger partial charge >= 0.3 is 0 Å². The van der Waals surface area contributed by atoms with E-state index in [9.17, 15) is 9.59 Å². The van der Waals surface area contributed by atoms with Gasteiger partial charge in [-0.2, -0.15) is 0 Å². The summed E-state index contributed by atoms with van der Waals surface area (Å²) in [5, 5.41) is 6.48. The second kappa shape index (κ2) is 7.59. The minimum absolute atomic E-state index is 0.0885. The normalized spacial score (nSPS) is 22.1. The van der Waals surface area contributed by atoms with Gasteiger partial charge in [-0.05, 0) is 44.4 Å². The van der Waals surface area contributed by atoms with E-state index in [1.54, 1.807) is 0 Å². The molecule has 1 atom stereocenters. The van der Waals surface area contributed by atoms with Gasteiger partial charge in [0.05, 0.1) is 0 Å². The van der Waals surface area contributed by atoms with Gasteiger partial charge in [0, 0.05) is 37.2 Å². The van der Waals surface area contributed by atoms with Crippen molar-refractivity contribution < 1.29 is 9.59 Å². The Kier molecular flexibility index (Phi) is 5.28. The summed E-state index contributed by atoms with van der Waals surface area (Å²) in [6.45, 7) is 2.44. The number of hydrogen-bond donors (Lipinski definition) is 2. The van der Waals surface area contributed by atoms with Crippen molar-refractivity contribution >= 4 is 11.8 Å². The molecule has 5 heteroatoms. The highest BCUT2D eigenvalue weighted by molar-refractivity contribution is 5.94.